The van der Waals surface area contributed by atoms with Gasteiger partial charge in [-0.15, -0.1) is 0 Å². The summed E-state index contributed by atoms with van der Waals surface area (Å²) in [7, 11) is 1.52. The molecule has 0 unspecified atom stereocenters. The van der Waals surface area contributed by atoms with Crippen LogP contribution in [0.2, 0.25) is 0 Å². The van der Waals surface area contributed by atoms with E-state index in [0.29, 0.717) is 25.1 Å². The number of benzene rings is 1. The van der Waals surface area contributed by atoms with Crippen LogP contribution in [-0.4, -0.2) is 19.6 Å². The van der Waals surface area contributed by atoms with Gasteiger partial charge in [-0.3, -0.25) is 28.1 Å². The van der Waals surface area contributed by atoms with Gasteiger partial charge in [-0.1, -0.05) is 19.9 Å². The van der Waals surface area contributed by atoms with E-state index in [1.807, 2.05) is 45.9 Å². The van der Waals surface area contributed by atoms with Crippen LogP contribution in [0, 0.1) is 13.8 Å². The Bertz CT molecular complexity index is 1320. The molecule has 0 aliphatic rings. The summed E-state index contributed by atoms with van der Waals surface area (Å²) in [4.78, 5) is 52.2. The lowest BCUT2D eigenvalue weighted by Gasteiger charge is -2.17. The highest BCUT2D eigenvalue weighted by molar-refractivity contribution is 6.11. The second-order valence-electron chi connectivity index (χ2n) is 7.88. The number of carbonyl (C=O) groups is 1. The summed E-state index contributed by atoms with van der Waals surface area (Å²) < 4.78 is 3.80. The first-order valence-corrected chi connectivity index (χ1v) is 10.5. The van der Waals surface area contributed by atoms with Gasteiger partial charge in [0.1, 0.15) is 5.65 Å². The predicted octanol–water partition coefficient (Wildman–Crippen LogP) is 2.55. The Hall–Kier alpha value is -3.42. The van der Waals surface area contributed by atoms with E-state index in [1.165, 1.54) is 22.2 Å². The van der Waals surface area contributed by atoms with E-state index < -0.39 is 22.7 Å². The van der Waals surface area contributed by atoms with Gasteiger partial charge in [0.05, 0.1) is 10.9 Å². The van der Waals surface area contributed by atoms with Gasteiger partial charge in [0.25, 0.3) is 17.0 Å². The molecular weight excluding hydrogens is 396 g/mol. The lowest BCUT2D eigenvalue weighted by atomic mass is 10.1. The van der Waals surface area contributed by atoms with Crippen molar-refractivity contribution in [1.29, 1.82) is 0 Å². The van der Waals surface area contributed by atoms with Crippen LogP contribution in [0.5, 0.6) is 0 Å². The number of fused-ring (bicyclic) bond motifs is 1. The van der Waals surface area contributed by atoms with Gasteiger partial charge in [0, 0.05) is 31.9 Å². The third kappa shape index (κ3) is 4.10. The zero-order valence-electron chi connectivity index (χ0n) is 18.6. The molecule has 31 heavy (non-hydrogen) atoms. The van der Waals surface area contributed by atoms with Crippen LogP contribution in [0.25, 0.3) is 11.0 Å². The molecule has 0 atom stereocenters. The molecule has 0 saturated carbocycles. The number of pyridine rings is 1. The van der Waals surface area contributed by atoms with Crippen LogP contribution in [0.15, 0.2) is 38.6 Å². The molecule has 3 rings (SSSR count). The third-order valence-corrected chi connectivity index (χ3v) is 5.20. The molecular formula is C23H28N4O4. The summed E-state index contributed by atoms with van der Waals surface area (Å²) in [5, 5.41) is 2.88. The van der Waals surface area contributed by atoms with Crippen molar-refractivity contribution in [3.63, 3.8) is 0 Å². The summed E-state index contributed by atoms with van der Waals surface area (Å²) in [5.74, 6) is -0.561. The van der Waals surface area contributed by atoms with E-state index in [2.05, 4.69) is 5.32 Å². The number of aromatic nitrogens is 3. The van der Waals surface area contributed by atoms with Crippen molar-refractivity contribution in [3.05, 3.63) is 72.1 Å². The lowest BCUT2D eigenvalue weighted by molar-refractivity contribution is 0.102. The minimum Gasteiger partial charge on any atom is -0.322 e. The molecule has 1 amide bonds. The highest BCUT2D eigenvalue weighted by atomic mass is 16.2. The average Bonchev–Trinajstić information content (AvgIpc) is 2.69. The summed E-state index contributed by atoms with van der Waals surface area (Å²) in [6.45, 7) is 8.16. The van der Waals surface area contributed by atoms with Crippen molar-refractivity contribution in [2.45, 2.75) is 53.6 Å². The SMILES string of the molecule is CCCn1c(=O)c2c(C(=O)Nc3cc(C)cc(C)c3)cc(=O)n(CCC)c2n(C)c1=O. The van der Waals surface area contributed by atoms with Gasteiger partial charge in [-0.25, -0.2) is 4.79 Å². The molecule has 0 fully saturated rings. The Balaban J connectivity index is 2.34. The quantitative estimate of drug-likeness (QED) is 0.658. The minimum absolute atomic E-state index is 0.0306. The van der Waals surface area contributed by atoms with E-state index in [-0.39, 0.29) is 23.1 Å². The Morgan fingerprint density at radius 3 is 2.06 bits per heavy atom. The van der Waals surface area contributed by atoms with Crippen LogP contribution in [0.4, 0.5) is 5.69 Å². The summed E-state index contributed by atoms with van der Waals surface area (Å²) >= 11 is 0. The first-order chi connectivity index (χ1) is 14.7. The second-order valence-corrected chi connectivity index (χ2v) is 7.88. The number of aryl methyl sites for hydroxylation is 4. The van der Waals surface area contributed by atoms with Crippen molar-refractivity contribution in [1.82, 2.24) is 13.7 Å². The maximum atomic E-state index is 13.3. The smallest absolute Gasteiger partial charge is 0.322 e. The number of nitrogens with zero attached hydrogens (tertiary/aromatic N) is 3. The topological polar surface area (TPSA) is 95.1 Å². The first kappa shape index (κ1) is 22.3. The number of anilines is 1. The van der Waals surface area contributed by atoms with Crippen molar-refractivity contribution >= 4 is 22.6 Å². The highest BCUT2D eigenvalue weighted by Crippen LogP contribution is 2.18. The van der Waals surface area contributed by atoms with Crippen LogP contribution in [-0.2, 0) is 20.1 Å². The number of rotatable bonds is 6. The number of hydrogen-bond donors (Lipinski definition) is 1. The van der Waals surface area contributed by atoms with Crippen molar-refractivity contribution in [2.24, 2.45) is 7.05 Å². The molecule has 0 spiro atoms. The molecule has 164 valence electrons. The highest BCUT2D eigenvalue weighted by Gasteiger charge is 2.22. The number of hydrogen-bond acceptors (Lipinski definition) is 4. The maximum Gasteiger partial charge on any atom is 0.332 e. The normalized spacial score (nSPS) is 11.1. The number of carbonyl (C=O) groups excluding carboxylic acids is 1. The fraction of sp³-hybridized carbons (Fsp3) is 0.391. The molecule has 0 aliphatic heterocycles. The van der Waals surface area contributed by atoms with Gasteiger partial charge in [0.15, 0.2) is 0 Å². The zero-order valence-corrected chi connectivity index (χ0v) is 18.6. The van der Waals surface area contributed by atoms with E-state index in [9.17, 15) is 19.2 Å². The molecule has 2 aromatic heterocycles. The Kier molecular flexibility index (Phi) is 6.29. The van der Waals surface area contributed by atoms with E-state index in [4.69, 9.17) is 0 Å². The van der Waals surface area contributed by atoms with Crippen molar-refractivity contribution in [2.75, 3.05) is 5.32 Å². The summed E-state index contributed by atoms with van der Waals surface area (Å²) in [6, 6.07) is 6.81. The predicted molar refractivity (Wildman–Crippen MR) is 122 cm³/mol. The third-order valence-electron chi connectivity index (χ3n) is 5.20. The van der Waals surface area contributed by atoms with Gasteiger partial charge < -0.3 is 5.32 Å². The Labute approximate surface area is 179 Å². The van der Waals surface area contributed by atoms with Crippen LogP contribution < -0.4 is 22.1 Å². The molecule has 1 aromatic carbocycles. The Morgan fingerprint density at radius 2 is 1.48 bits per heavy atom. The fourth-order valence-electron chi connectivity index (χ4n) is 3.97. The molecule has 0 bridgehead atoms. The van der Waals surface area contributed by atoms with Gasteiger partial charge >= 0.3 is 5.69 Å². The largest absolute Gasteiger partial charge is 0.332 e. The fourth-order valence-corrected chi connectivity index (χ4v) is 3.97. The average molecular weight is 425 g/mol. The van der Waals surface area contributed by atoms with E-state index in [1.54, 1.807) is 0 Å². The van der Waals surface area contributed by atoms with Crippen LogP contribution in [0.1, 0.15) is 48.2 Å². The number of nitrogens with one attached hydrogen (secondary N) is 1. The molecule has 8 heteroatoms. The number of amides is 1. The summed E-state index contributed by atoms with van der Waals surface area (Å²) in [5.41, 5.74) is 1.18. The molecule has 2 heterocycles. The molecule has 8 nitrogen and oxygen atoms in total. The van der Waals surface area contributed by atoms with E-state index >= 15 is 0 Å². The van der Waals surface area contributed by atoms with Crippen molar-refractivity contribution in [3.8, 4) is 0 Å². The molecule has 0 saturated heterocycles. The van der Waals surface area contributed by atoms with Gasteiger partial charge in [-0.2, -0.15) is 0 Å². The van der Waals surface area contributed by atoms with E-state index in [0.717, 1.165) is 15.7 Å². The summed E-state index contributed by atoms with van der Waals surface area (Å²) in [6.07, 6.45) is 1.22. The van der Waals surface area contributed by atoms with Crippen LogP contribution in [0.3, 0.4) is 0 Å². The molecule has 0 radical (unpaired) electrons. The molecule has 0 aliphatic carbocycles. The second kappa shape index (κ2) is 8.75. The van der Waals surface area contributed by atoms with Crippen molar-refractivity contribution < 1.29 is 4.79 Å². The van der Waals surface area contributed by atoms with Crippen LogP contribution >= 0.6 is 0 Å². The Morgan fingerprint density at radius 1 is 0.903 bits per heavy atom. The first-order valence-electron chi connectivity index (χ1n) is 10.5. The standard InChI is InChI=1S/C23H28N4O4/c1-6-8-26-18(28)13-17(20(29)24-16-11-14(3)10-15(4)12-16)19-21(26)25(5)23(31)27(9-7-2)22(19)30/h10-13H,6-9H2,1-5H3,(H,24,29). The lowest BCUT2D eigenvalue weighted by Crippen LogP contribution is -2.42. The van der Waals surface area contributed by atoms with Gasteiger partial charge in [0.2, 0.25) is 0 Å². The maximum absolute atomic E-state index is 13.3. The minimum atomic E-state index is -0.561. The monoisotopic (exact) mass is 424 g/mol. The molecule has 3 aromatic rings. The molecule has 1 N–H and O–H groups in total. The zero-order chi connectivity index (χ0) is 22.9. The van der Waals surface area contributed by atoms with Gasteiger partial charge in [-0.05, 0) is 49.9 Å².